The fourth-order valence-electron chi connectivity index (χ4n) is 2.14. The molecule has 0 spiro atoms. The normalized spacial score (nSPS) is 12.4. The maximum absolute atomic E-state index is 5.53. The number of nitrogens with zero attached hydrogens (tertiary/aromatic N) is 2. The molecule has 3 N–H and O–H groups in total. The highest BCUT2D eigenvalue weighted by Gasteiger charge is 2.05. The van der Waals surface area contributed by atoms with Gasteiger partial charge in [-0.05, 0) is 51.5 Å². The first-order valence-corrected chi connectivity index (χ1v) is 7.72. The third kappa shape index (κ3) is 5.84. The molecule has 20 heavy (non-hydrogen) atoms. The van der Waals surface area contributed by atoms with Crippen molar-refractivity contribution in [3.05, 3.63) is 24.0 Å². The highest BCUT2D eigenvalue weighted by Crippen LogP contribution is 2.10. The first-order valence-electron chi connectivity index (χ1n) is 7.31. The number of nitrogens with two attached hydrogens (primary N) is 1. The molecule has 0 bridgehead atoms. The summed E-state index contributed by atoms with van der Waals surface area (Å²) in [7, 11) is 0. The van der Waals surface area contributed by atoms with E-state index in [-0.39, 0.29) is 0 Å². The molecule has 1 heterocycles. The molecule has 0 aliphatic carbocycles. The number of aromatic nitrogens is 1. The van der Waals surface area contributed by atoms with Gasteiger partial charge in [0.25, 0.3) is 0 Å². The molecular formula is C15H26N4S. The maximum Gasteiger partial charge on any atom is 0.122 e. The van der Waals surface area contributed by atoms with Gasteiger partial charge in [0.05, 0.1) is 17.6 Å². The second-order valence-corrected chi connectivity index (χ2v) is 5.45. The molecule has 5 heteroatoms. The van der Waals surface area contributed by atoms with Crippen LogP contribution in [0.5, 0.6) is 0 Å². The van der Waals surface area contributed by atoms with Crippen molar-refractivity contribution in [2.75, 3.05) is 25.0 Å². The first-order chi connectivity index (χ1) is 9.56. The Balaban J connectivity index is 2.34. The van der Waals surface area contributed by atoms with E-state index in [9.17, 15) is 0 Å². The second kappa shape index (κ2) is 8.87. The van der Waals surface area contributed by atoms with Gasteiger partial charge in [0.15, 0.2) is 0 Å². The standard InChI is InChI=1S/C15H26N4S/c1-4-19(5-2)10-6-7-12(3)18-13-8-9-14(15(16)20)17-11-13/h8-9,11-12,18H,4-7,10H2,1-3H3,(H2,16,20). The monoisotopic (exact) mass is 294 g/mol. The SMILES string of the molecule is CCN(CC)CCCC(C)Nc1ccc(C(N)=S)nc1. The number of hydrogen-bond acceptors (Lipinski definition) is 4. The van der Waals surface area contributed by atoms with Gasteiger partial charge in [0.2, 0.25) is 0 Å². The van der Waals surface area contributed by atoms with Gasteiger partial charge in [0, 0.05) is 6.04 Å². The van der Waals surface area contributed by atoms with Crippen LogP contribution in [0.25, 0.3) is 0 Å². The summed E-state index contributed by atoms with van der Waals surface area (Å²) in [5.74, 6) is 0. The summed E-state index contributed by atoms with van der Waals surface area (Å²) in [4.78, 5) is 7.02. The lowest BCUT2D eigenvalue weighted by molar-refractivity contribution is 0.295. The van der Waals surface area contributed by atoms with E-state index >= 15 is 0 Å². The van der Waals surface area contributed by atoms with Gasteiger partial charge < -0.3 is 16.0 Å². The molecule has 4 nitrogen and oxygen atoms in total. The minimum atomic E-state index is 0.337. The minimum absolute atomic E-state index is 0.337. The summed E-state index contributed by atoms with van der Waals surface area (Å²) in [5, 5.41) is 3.45. The first kappa shape index (κ1) is 16.9. The number of hydrogen-bond donors (Lipinski definition) is 2. The number of anilines is 1. The Morgan fingerprint density at radius 1 is 1.40 bits per heavy atom. The van der Waals surface area contributed by atoms with Crippen molar-refractivity contribution in [2.45, 2.75) is 39.7 Å². The lowest BCUT2D eigenvalue weighted by Gasteiger charge is -2.20. The summed E-state index contributed by atoms with van der Waals surface area (Å²) >= 11 is 4.89. The quantitative estimate of drug-likeness (QED) is 0.686. The molecule has 0 radical (unpaired) electrons. The Labute approximate surface area is 127 Å². The van der Waals surface area contributed by atoms with E-state index in [1.807, 2.05) is 12.1 Å². The number of rotatable bonds is 9. The smallest absolute Gasteiger partial charge is 0.122 e. The van der Waals surface area contributed by atoms with E-state index in [4.69, 9.17) is 18.0 Å². The third-order valence-corrected chi connectivity index (χ3v) is 3.64. The van der Waals surface area contributed by atoms with E-state index in [2.05, 4.69) is 36.0 Å². The lowest BCUT2D eigenvalue weighted by Crippen LogP contribution is -2.25. The van der Waals surface area contributed by atoms with Crippen molar-refractivity contribution < 1.29 is 0 Å². The van der Waals surface area contributed by atoms with Crippen LogP contribution in [0.1, 0.15) is 39.3 Å². The van der Waals surface area contributed by atoms with Gasteiger partial charge in [0.1, 0.15) is 4.99 Å². The molecule has 0 saturated heterocycles. The van der Waals surface area contributed by atoms with Crippen LogP contribution in [0.4, 0.5) is 5.69 Å². The summed E-state index contributed by atoms with van der Waals surface area (Å²) in [6.07, 6.45) is 4.14. The Kier molecular flexibility index (Phi) is 7.47. The number of nitrogens with one attached hydrogen (secondary N) is 1. The van der Waals surface area contributed by atoms with Crippen molar-refractivity contribution >= 4 is 22.9 Å². The molecule has 0 fully saturated rings. The fourth-order valence-corrected chi connectivity index (χ4v) is 2.26. The van der Waals surface area contributed by atoms with Crippen LogP contribution in [0.15, 0.2) is 18.3 Å². The molecule has 0 aromatic carbocycles. The predicted octanol–water partition coefficient (Wildman–Crippen LogP) is 2.64. The molecular weight excluding hydrogens is 268 g/mol. The van der Waals surface area contributed by atoms with E-state index < -0.39 is 0 Å². The minimum Gasteiger partial charge on any atom is -0.388 e. The Hall–Kier alpha value is -1.20. The molecule has 0 aliphatic heterocycles. The molecule has 0 amide bonds. The predicted molar refractivity (Wildman–Crippen MR) is 90.2 cm³/mol. The average molecular weight is 294 g/mol. The van der Waals surface area contributed by atoms with Crippen molar-refractivity contribution in [1.82, 2.24) is 9.88 Å². The maximum atomic E-state index is 5.53. The van der Waals surface area contributed by atoms with E-state index in [1.54, 1.807) is 6.20 Å². The Morgan fingerprint density at radius 3 is 2.60 bits per heavy atom. The zero-order valence-corrected chi connectivity index (χ0v) is 13.5. The number of thiocarbonyl (C=S) groups is 1. The second-order valence-electron chi connectivity index (χ2n) is 5.01. The van der Waals surface area contributed by atoms with Gasteiger partial charge in [-0.25, -0.2) is 0 Å². The van der Waals surface area contributed by atoms with Gasteiger partial charge in [-0.1, -0.05) is 26.1 Å². The fraction of sp³-hybridized carbons (Fsp3) is 0.600. The van der Waals surface area contributed by atoms with Crippen molar-refractivity contribution in [3.8, 4) is 0 Å². The van der Waals surface area contributed by atoms with Crippen LogP contribution in [-0.2, 0) is 0 Å². The molecule has 1 aromatic heterocycles. The zero-order valence-electron chi connectivity index (χ0n) is 12.7. The zero-order chi connectivity index (χ0) is 15.0. The lowest BCUT2D eigenvalue weighted by atomic mass is 10.1. The highest BCUT2D eigenvalue weighted by molar-refractivity contribution is 7.80. The average Bonchev–Trinajstić information content (AvgIpc) is 2.44. The number of pyridine rings is 1. The summed E-state index contributed by atoms with van der Waals surface area (Å²) < 4.78 is 0. The summed E-state index contributed by atoms with van der Waals surface area (Å²) in [6, 6.07) is 4.26. The molecule has 112 valence electrons. The van der Waals surface area contributed by atoms with Crippen LogP contribution >= 0.6 is 12.2 Å². The van der Waals surface area contributed by atoms with Crippen molar-refractivity contribution in [1.29, 1.82) is 0 Å². The Morgan fingerprint density at radius 2 is 2.10 bits per heavy atom. The summed E-state index contributed by atoms with van der Waals surface area (Å²) in [6.45, 7) is 10.0. The molecule has 0 saturated carbocycles. The molecule has 1 unspecified atom stereocenters. The van der Waals surface area contributed by atoms with Crippen LogP contribution in [-0.4, -0.2) is 40.5 Å². The van der Waals surface area contributed by atoms with Gasteiger partial charge in [-0.15, -0.1) is 0 Å². The molecule has 1 aromatic rings. The van der Waals surface area contributed by atoms with E-state index in [1.165, 1.54) is 6.42 Å². The van der Waals surface area contributed by atoms with E-state index in [0.29, 0.717) is 16.7 Å². The van der Waals surface area contributed by atoms with Crippen molar-refractivity contribution in [2.24, 2.45) is 5.73 Å². The van der Waals surface area contributed by atoms with Crippen LogP contribution < -0.4 is 11.1 Å². The Bertz CT molecular complexity index is 401. The highest BCUT2D eigenvalue weighted by atomic mass is 32.1. The van der Waals surface area contributed by atoms with Crippen molar-refractivity contribution in [3.63, 3.8) is 0 Å². The molecule has 0 aliphatic rings. The summed E-state index contributed by atoms with van der Waals surface area (Å²) in [5.41, 5.74) is 7.21. The molecule has 1 rings (SSSR count). The topological polar surface area (TPSA) is 54.2 Å². The van der Waals surface area contributed by atoms with Crippen LogP contribution in [0.3, 0.4) is 0 Å². The third-order valence-electron chi connectivity index (χ3n) is 3.43. The largest absolute Gasteiger partial charge is 0.388 e. The van der Waals surface area contributed by atoms with Gasteiger partial charge in [-0.3, -0.25) is 4.98 Å². The van der Waals surface area contributed by atoms with Gasteiger partial charge >= 0.3 is 0 Å². The van der Waals surface area contributed by atoms with Crippen LogP contribution in [0.2, 0.25) is 0 Å². The van der Waals surface area contributed by atoms with Crippen LogP contribution in [0, 0.1) is 0 Å². The van der Waals surface area contributed by atoms with Gasteiger partial charge in [-0.2, -0.15) is 0 Å². The van der Waals surface area contributed by atoms with E-state index in [0.717, 1.165) is 31.7 Å². The molecule has 1 atom stereocenters.